The van der Waals surface area contributed by atoms with Crippen LogP contribution >= 0.6 is 12.6 Å². The zero-order valence-electron chi connectivity index (χ0n) is 24.1. The fourth-order valence-electron chi connectivity index (χ4n) is 4.00. The van der Waals surface area contributed by atoms with Gasteiger partial charge in [0.25, 0.3) is 0 Å². The highest BCUT2D eigenvalue weighted by molar-refractivity contribution is 7.80. The monoisotopic (exact) mass is 602 g/mol. The highest BCUT2D eigenvalue weighted by Crippen LogP contribution is 2.21. The molecule has 0 spiro atoms. The maximum Gasteiger partial charge on any atom is 0.516 e. The molecule has 15 nitrogen and oxygen atoms in total. The van der Waals surface area contributed by atoms with E-state index in [0.29, 0.717) is 19.3 Å². The second-order valence-corrected chi connectivity index (χ2v) is 11.4. The lowest BCUT2D eigenvalue weighted by Gasteiger charge is -2.30. The van der Waals surface area contributed by atoms with Gasteiger partial charge in [-0.1, -0.05) is 13.8 Å². The van der Waals surface area contributed by atoms with Crippen LogP contribution in [0, 0.1) is 5.92 Å². The molecule has 0 saturated carbocycles. The number of nitrogens with two attached hydrogens (primary N) is 2. The van der Waals surface area contributed by atoms with Crippen molar-refractivity contribution in [3.05, 3.63) is 0 Å². The molecule has 7 N–H and O–H groups in total. The number of likely N-dealkylation sites (tertiary alicyclic amines) is 1. The number of ether oxygens (including phenoxy) is 2. The lowest BCUT2D eigenvalue weighted by atomic mass is 10.0. The van der Waals surface area contributed by atoms with E-state index < -0.39 is 77.8 Å². The first-order valence-corrected chi connectivity index (χ1v) is 13.9. The van der Waals surface area contributed by atoms with Crippen molar-refractivity contribution in [1.82, 2.24) is 20.9 Å². The standard InChI is InChI=1S/C25H42N6O9S/c1-13(2)9-14(28-19(33)11-26)22(36)31-8-6-7-17(31)21(35)30-16(12-41)20(34)29-15(10-18(27)32)23(37)39-24(38)40-25(3,4)5/h13-17,41H,6-12,26H2,1-5H3,(H2,27,32)(H,28,33)(H,29,34)(H,30,35)/t14?,15-,16+,17+/m1/s1. The van der Waals surface area contributed by atoms with Crippen molar-refractivity contribution in [1.29, 1.82) is 0 Å². The van der Waals surface area contributed by atoms with Gasteiger partial charge in [-0.3, -0.25) is 24.0 Å². The predicted molar refractivity (Wildman–Crippen MR) is 149 cm³/mol. The normalized spacial score (nSPS) is 17.2. The average Bonchev–Trinajstić information content (AvgIpc) is 3.34. The van der Waals surface area contributed by atoms with Crippen molar-refractivity contribution in [2.75, 3.05) is 18.8 Å². The Morgan fingerprint density at radius 3 is 2.15 bits per heavy atom. The van der Waals surface area contributed by atoms with Crippen LogP contribution in [-0.2, 0) is 38.2 Å². The van der Waals surface area contributed by atoms with Gasteiger partial charge >= 0.3 is 12.1 Å². The first kappa shape index (κ1) is 35.6. The van der Waals surface area contributed by atoms with Gasteiger partial charge in [0.15, 0.2) is 0 Å². The van der Waals surface area contributed by atoms with Gasteiger partial charge in [0, 0.05) is 12.3 Å². The number of hydrogen-bond donors (Lipinski definition) is 6. The molecule has 0 aromatic heterocycles. The van der Waals surface area contributed by atoms with Crippen molar-refractivity contribution in [3.63, 3.8) is 0 Å². The number of nitrogens with zero attached hydrogens (tertiary/aromatic N) is 1. The van der Waals surface area contributed by atoms with Crippen molar-refractivity contribution >= 4 is 54.3 Å². The predicted octanol–water partition coefficient (Wildman–Crippen LogP) is -1.28. The fourth-order valence-corrected chi connectivity index (χ4v) is 4.26. The lowest BCUT2D eigenvalue weighted by molar-refractivity contribution is -0.147. The molecule has 1 saturated heterocycles. The van der Waals surface area contributed by atoms with Crippen LogP contribution in [0.25, 0.3) is 0 Å². The summed E-state index contributed by atoms with van der Waals surface area (Å²) in [7, 11) is 0. The zero-order chi connectivity index (χ0) is 31.5. The number of thiol groups is 1. The Kier molecular flexibility index (Phi) is 14.0. The van der Waals surface area contributed by atoms with E-state index in [4.69, 9.17) is 16.2 Å². The van der Waals surface area contributed by atoms with Crippen LogP contribution in [-0.4, -0.2) is 95.2 Å². The number of amides is 5. The van der Waals surface area contributed by atoms with Crippen LogP contribution in [0.2, 0.25) is 0 Å². The summed E-state index contributed by atoms with van der Waals surface area (Å²) < 4.78 is 9.48. The first-order valence-electron chi connectivity index (χ1n) is 13.2. The van der Waals surface area contributed by atoms with Gasteiger partial charge in [-0.15, -0.1) is 0 Å². The van der Waals surface area contributed by atoms with Crippen LogP contribution in [0.3, 0.4) is 0 Å². The minimum absolute atomic E-state index is 0.0597. The summed E-state index contributed by atoms with van der Waals surface area (Å²) in [5.41, 5.74) is 9.59. The number of carbonyl (C=O) groups is 7. The van der Waals surface area contributed by atoms with E-state index in [9.17, 15) is 33.6 Å². The highest BCUT2D eigenvalue weighted by atomic mass is 32.1. The van der Waals surface area contributed by atoms with E-state index in [1.165, 1.54) is 4.90 Å². The van der Waals surface area contributed by atoms with Gasteiger partial charge < -0.3 is 41.8 Å². The van der Waals surface area contributed by atoms with Crippen LogP contribution in [0.15, 0.2) is 0 Å². The number of carbonyl (C=O) groups excluding carboxylic acids is 7. The van der Waals surface area contributed by atoms with Gasteiger partial charge in [-0.05, 0) is 46.0 Å². The van der Waals surface area contributed by atoms with Gasteiger partial charge in [0.1, 0.15) is 29.8 Å². The van der Waals surface area contributed by atoms with E-state index in [1.807, 2.05) is 13.8 Å². The average molecular weight is 603 g/mol. The van der Waals surface area contributed by atoms with E-state index in [2.05, 4.69) is 33.3 Å². The molecule has 1 aliphatic heterocycles. The number of nitrogens with one attached hydrogen (secondary N) is 3. The molecule has 0 aromatic carbocycles. The lowest BCUT2D eigenvalue weighted by Crippen LogP contribution is -2.58. The summed E-state index contributed by atoms with van der Waals surface area (Å²) in [4.78, 5) is 88.5. The first-order chi connectivity index (χ1) is 19.0. The Bertz CT molecular complexity index is 1000. The molecule has 1 aliphatic rings. The van der Waals surface area contributed by atoms with E-state index >= 15 is 0 Å². The maximum atomic E-state index is 13.3. The van der Waals surface area contributed by atoms with Gasteiger partial charge in [-0.25, -0.2) is 9.59 Å². The Hall–Kier alpha value is -3.40. The van der Waals surface area contributed by atoms with Crippen molar-refractivity contribution in [3.8, 4) is 0 Å². The summed E-state index contributed by atoms with van der Waals surface area (Å²) >= 11 is 4.10. The molecule has 16 heteroatoms. The quantitative estimate of drug-likeness (QED) is 0.0831. The molecule has 0 aliphatic carbocycles. The smallest absolute Gasteiger partial charge is 0.428 e. The molecule has 1 fully saturated rings. The second kappa shape index (κ2) is 16.1. The van der Waals surface area contributed by atoms with Crippen molar-refractivity contribution < 1.29 is 43.0 Å². The Morgan fingerprint density at radius 1 is 1.00 bits per heavy atom. The SMILES string of the molecule is CC(C)CC(NC(=O)CN)C(=O)N1CCC[C@H]1C(=O)N[C@@H](CS)C(=O)N[C@H](CC(N)=O)C(=O)OC(=O)OC(C)(C)C. The molecule has 1 heterocycles. The van der Waals surface area contributed by atoms with Gasteiger partial charge in [0.2, 0.25) is 29.5 Å². The number of rotatable bonds is 13. The Balaban J connectivity index is 2.97. The maximum absolute atomic E-state index is 13.3. The summed E-state index contributed by atoms with van der Waals surface area (Å²) in [6.45, 7) is 8.36. The van der Waals surface area contributed by atoms with Gasteiger partial charge in [-0.2, -0.15) is 12.6 Å². The highest BCUT2D eigenvalue weighted by Gasteiger charge is 2.39. The Labute approximate surface area is 244 Å². The molecule has 232 valence electrons. The van der Waals surface area contributed by atoms with Crippen LogP contribution in [0.4, 0.5) is 4.79 Å². The molecule has 0 aromatic rings. The molecule has 4 atom stereocenters. The summed E-state index contributed by atoms with van der Waals surface area (Å²) in [6.07, 6.45) is -0.883. The number of esters is 1. The van der Waals surface area contributed by atoms with E-state index in [1.54, 1.807) is 20.8 Å². The third kappa shape index (κ3) is 12.3. The minimum atomic E-state index is -1.65. The molecular weight excluding hydrogens is 560 g/mol. The summed E-state index contributed by atoms with van der Waals surface area (Å²) in [5, 5.41) is 7.35. The fraction of sp³-hybridized carbons (Fsp3) is 0.720. The number of hydrogen-bond acceptors (Lipinski definition) is 11. The minimum Gasteiger partial charge on any atom is -0.428 e. The summed E-state index contributed by atoms with van der Waals surface area (Å²) in [5.74, 6) is -4.94. The Morgan fingerprint density at radius 2 is 1.63 bits per heavy atom. The third-order valence-corrected chi connectivity index (χ3v) is 6.12. The molecule has 5 amide bonds. The molecule has 41 heavy (non-hydrogen) atoms. The molecular formula is C25H42N6O9S. The molecule has 1 unspecified atom stereocenters. The van der Waals surface area contributed by atoms with Crippen LogP contribution < -0.4 is 27.4 Å². The van der Waals surface area contributed by atoms with Crippen LogP contribution in [0.1, 0.15) is 60.3 Å². The van der Waals surface area contributed by atoms with Gasteiger partial charge in [0.05, 0.1) is 13.0 Å². The van der Waals surface area contributed by atoms with Crippen molar-refractivity contribution in [2.24, 2.45) is 17.4 Å². The van der Waals surface area contributed by atoms with Crippen molar-refractivity contribution in [2.45, 2.75) is 90.1 Å². The largest absolute Gasteiger partial charge is 0.516 e. The topological polar surface area (TPSA) is 229 Å². The zero-order valence-corrected chi connectivity index (χ0v) is 25.0. The molecule has 1 rings (SSSR count). The van der Waals surface area contributed by atoms with E-state index in [0.717, 1.165) is 0 Å². The summed E-state index contributed by atoms with van der Waals surface area (Å²) in [6, 6.07) is -4.76. The van der Waals surface area contributed by atoms with E-state index in [-0.39, 0.29) is 24.8 Å². The van der Waals surface area contributed by atoms with Crippen LogP contribution in [0.5, 0.6) is 0 Å². The molecule has 0 bridgehead atoms. The second-order valence-electron chi connectivity index (χ2n) is 11.0. The number of primary amides is 1. The third-order valence-electron chi connectivity index (χ3n) is 5.76. The molecule has 0 radical (unpaired) electrons.